The predicted molar refractivity (Wildman–Crippen MR) is 96.6 cm³/mol. The van der Waals surface area contributed by atoms with E-state index >= 15 is 0 Å². The Balaban J connectivity index is 1.92. The molecule has 0 atom stereocenters. The molecule has 0 radical (unpaired) electrons. The van der Waals surface area contributed by atoms with Gasteiger partial charge in [0.2, 0.25) is 0 Å². The van der Waals surface area contributed by atoms with Gasteiger partial charge in [0, 0.05) is 23.4 Å². The predicted octanol–water partition coefficient (Wildman–Crippen LogP) is 5.24. The molecule has 0 aliphatic heterocycles. The molecule has 3 rings (SSSR count). The molecule has 0 saturated carbocycles. The van der Waals surface area contributed by atoms with Crippen LogP contribution < -0.4 is 10.1 Å². The molecule has 0 unspecified atom stereocenters. The number of rotatable bonds is 5. The minimum atomic E-state index is -2.98. The van der Waals surface area contributed by atoms with Crippen molar-refractivity contribution in [3.8, 4) is 5.75 Å². The smallest absolute Gasteiger partial charge is 0.387 e. The summed E-state index contributed by atoms with van der Waals surface area (Å²) in [4.78, 5) is 16.6. The van der Waals surface area contributed by atoms with Gasteiger partial charge in [0.15, 0.2) is 0 Å². The molecule has 0 spiro atoms. The monoisotopic (exact) mass is 446 g/mol. The summed E-state index contributed by atoms with van der Waals surface area (Å²) in [5, 5.41) is 3.11. The molecule has 25 heavy (non-hydrogen) atoms. The molecule has 4 nitrogen and oxygen atoms in total. The van der Waals surface area contributed by atoms with E-state index in [0.717, 1.165) is 16.9 Å². The highest BCUT2D eigenvalue weighted by Gasteiger charge is 2.22. The Labute approximate surface area is 158 Å². The molecule has 0 saturated heterocycles. The van der Waals surface area contributed by atoms with Crippen molar-refractivity contribution >= 4 is 54.9 Å². The fraction of sp³-hybridized carbons (Fsp3) is 0.125. The number of pyridine rings is 1. The average molecular weight is 448 g/mol. The average Bonchev–Trinajstić information content (AvgIpc) is 2.95. The SMILES string of the molecule is O=C(NCc1cccnc1)c1sc2c(Br)ccc(OC(F)F)c2c1Cl. The molecule has 1 amide bonds. The Morgan fingerprint density at radius 2 is 2.20 bits per heavy atom. The molecule has 130 valence electrons. The second-order valence-electron chi connectivity index (χ2n) is 4.92. The summed E-state index contributed by atoms with van der Waals surface area (Å²) in [7, 11) is 0. The third kappa shape index (κ3) is 3.91. The number of carbonyl (C=O) groups is 1. The van der Waals surface area contributed by atoms with Crippen molar-refractivity contribution in [2.75, 3.05) is 0 Å². The van der Waals surface area contributed by atoms with Crippen molar-refractivity contribution < 1.29 is 18.3 Å². The third-order valence-corrected chi connectivity index (χ3v) is 5.93. The number of halogens is 4. The topological polar surface area (TPSA) is 51.2 Å². The summed E-state index contributed by atoms with van der Waals surface area (Å²) in [6.07, 6.45) is 3.27. The van der Waals surface area contributed by atoms with Gasteiger partial charge in [-0.3, -0.25) is 9.78 Å². The lowest BCUT2D eigenvalue weighted by Crippen LogP contribution is -2.22. The lowest BCUT2D eigenvalue weighted by molar-refractivity contribution is -0.0487. The molecule has 2 aromatic heterocycles. The van der Waals surface area contributed by atoms with E-state index in [4.69, 9.17) is 11.6 Å². The van der Waals surface area contributed by atoms with Crippen molar-refractivity contribution in [3.63, 3.8) is 0 Å². The van der Waals surface area contributed by atoms with Crippen LogP contribution in [0.3, 0.4) is 0 Å². The zero-order valence-electron chi connectivity index (χ0n) is 12.4. The number of nitrogens with zero attached hydrogens (tertiary/aromatic N) is 1. The van der Waals surface area contributed by atoms with Crippen LogP contribution in [0, 0.1) is 0 Å². The first-order valence-corrected chi connectivity index (χ1v) is 8.98. The van der Waals surface area contributed by atoms with Crippen molar-refractivity contribution in [1.82, 2.24) is 10.3 Å². The molecule has 0 aliphatic rings. The van der Waals surface area contributed by atoms with Gasteiger partial charge in [0.1, 0.15) is 10.6 Å². The van der Waals surface area contributed by atoms with Gasteiger partial charge in [-0.15, -0.1) is 11.3 Å². The Kier molecular flexibility index (Phi) is 5.51. The van der Waals surface area contributed by atoms with E-state index in [1.807, 2.05) is 6.07 Å². The summed E-state index contributed by atoms with van der Waals surface area (Å²) in [5.41, 5.74) is 0.830. The van der Waals surface area contributed by atoms with Crippen LogP contribution in [0.4, 0.5) is 8.78 Å². The van der Waals surface area contributed by atoms with Gasteiger partial charge >= 0.3 is 6.61 Å². The fourth-order valence-corrected chi connectivity index (χ4v) is 4.26. The minimum absolute atomic E-state index is 0.0687. The van der Waals surface area contributed by atoms with E-state index in [2.05, 4.69) is 31.0 Å². The first-order chi connectivity index (χ1) is 12.0. The van der Waals surface area contributed by atoms with Crippen LogP contribution in [0.1, 0.15) is 15.2 Å². The van der Waals surface area contributed by atoms with Gasteiger partial charge in [-0.05, 0) is 39.7 Å². The maximum Gasteiger partial charge on any atom is 0.387 e. The Bertz CT molecular complexity index is 921. The number of aromatic nitrogens is 1. The van der Waals surface area contributed by atoms with Crippen LogP contribution in [-0.2, 0) is 6.54 Å². The van der Waals surface area contributed by atoms with Gasteiger partial charge < -0.3 is 10.1 Å². The van der Waals surface area contributed by atoms with E-state index < -0.39 is 12.5 Å². The molecule has 0 fully saturated rings. The van der Waals surface area contributed by atoms with Crippen molar-refractivity contribution in [3.05, 3.63) is 56.6 Å². The number of hydrogen-bond donors (Lipinski definition) is 1. The summed E-state index contributed by atoms with van der Waals surface area (Å²) in [5.74, 6) is -0.467. The number of benzene rings is 1. The molecule has 9 heteroatoms. The lowest BCUT2D eigenvalue weighted by Gasteiger charge is -2.07. The Hall–Kier alpha value is -1.77. The molecule has 0 bridgehead atoms. The molecule has 1 aromatic carbocycles. The highest BCUT2D eigenvalue weighted by Crippen LogP contribution is 2.44. The van der Waals surface area contributed by atoms with E-state index in [0.29, 0.717) is 9.17 Å². The van der Waals surface area contributed by atoms with Gasteiger partial charge in [-0.1, -0.05) is 17.7 Å². The molecule has 0 aliphatic carbocycles. The van der Waals surface area contributed by atoms with Crippen LogP contribution >= 0.6 is 38.9 Å². The van der Waals surface area contributed by atoms with Crippen LogP contribution in [0.2, 0.25) is 5.02 Å². The zero-order valence-corrected chi connectivity index (χ0v) is 15.6. The molecular weight excluding hydrogens is 438 g/mol. The number of alkyl halides is 2. The number of amides is 1. The van der Waals surface area contributed by atoms with Crippen LogP contribution in [-0.4, -0.2) is 17.5 Å². The molecule has 3 aromatic rings. The first-order valence-electron chi connectivity index (χ1n) is 6.99. The van der Waals surface area contributed by atoms with Crippen molar-refractivity contribution in [1.29, 1.82) is 0 Å². The molecule has 2 heterocycles. The Morgan fingerprint density at radius 1 is 1.40 bits per heavy atom. The summed E-state index contributed by atoms with van der Waals surface area (Å²) >= 11 is 10.7. The number of fused-ring (bicyclic) bond motifs is 1. The molecular formula is C16H10BrClF2N2O2S. The summed E-state index contributed by atoms with van der Waals surface area (Å²) in [6, 6.07) is 6.54. The van der Waals surface area contributed by atoms with Gasteiger partial charge in [0.05, 0.1) is 15.1 Å². The van der Waals surface area contributed by atoms with Crippen LogP contribution in [0.25, 0.3) is 10.1 Å². The van der Waals surface area contributed by atoms with E-state index in [1.54, 1.807) is 24.5 Å². The number of thiophene rings is 1. The fourth-order valence-electron chi connectivity index (χ4n) is 2.21. The second kappa shape index (κ2) is 7.63. The highest BCUT2D eigenvalue weighted by atomic mass is 79.9. The van der Waals surface area contributed by atoms with Gasteiger partial charge in [-0.25, -0.2) is 0 Å². The minimum Gasteiger partial charge on any atom is -0.434 e. The van der Waals surface area contributed by atoms with Crippen molar-refractivity contribution in [2.45, 2.75) is 13.2 Å². The largest absolute Gasteiger partial charge is 0.434 e. The quantitative estimate of drug-likeness (QED) is 0.582. The highest BCUT2D eigenvalue weighted by molar-refractivity contribution is 9.10. The Morgan fingerprint density at radius 3 is 2.88 bits per heavy atom. The third-order valence-electron chi connectivity index (χ3n) is 3.29. The first kappa shape index (κ1) is 18.0. The zero-order chi connectivity index (χ0) is 18.0. The van der Waals surface area contributed by atoms with Crippen LogP contribution in [0.5, 0.6) is 5.75 Å². The second-order valence-corrected chi connectivity index (χ2v) is 7.17. The van der Waals surface area contributed by atoms with Crippen LogP contribution in [0.15, 0.2) is 41.1 Å². The van der Waals surface area contributed by atoms with Gasteiger partial charge in [0.25, 0.3) is 5.91 Å². The van der Waals surface area contributed by atoms with Crippen molar-refractivity contribution in [2.24, 2.45) is 0 Å². The maximum atomic E-state index is 12.6. The van der Waals surface area contributed by atoms with E-state index in [1.165, 1.54) is 6.07 Å². The number of carbonyl (C=O) groups excluding carboxylic acids is 1. The van der Waals surface area contributed by atoms with E-state index in [-0.39, 0.29) is 27.6 Å². The lowest BCUT2D eigenvalue weighted by atomic mass is 10.2. The van der Waals surface area contributed by atoms with E-state index in [9.17, 15) is 13.6 Å². The van der Waals surface area contributed by atoms with Gasteiger partial charge in [-0.2, -0.15) is 8.78 Å². The summed E-state index contributed by atoms with van der Waals surface area (Å²) in [6.45, 7) is -2.71. The molecule has 1 N–H and O–H groups in total. The normalized spacial score (nSPS) is 11.1. The number of nitrogens with one attached hydrogen (secondary N) is 1. The number of hydrogen-bond acceptors (Lipinski definition) is 4. The summed E-state index contributed by atoms with van der Waals surface area (Å²) < 4.78 is 30.9. The standard InChI is InChI=1S/C16H10BrClF2N2O2S/c17-9-3-4-10(24-16(19)20)11-12(18)14(25-13(9)11)15(23)22-7-8-2-1-5-21-6-8/h1-6,16H,7H2,(H,22,23). The number of ether oxygens (including phenoxy) is 1. The maximum absolute atomic E-state index is 12.6.